The lowest BCUT2D eigenvalue weighted by Crippen LogP contribution is -2.48. The Labute approximate surface area is 109 Å². The van der Waals surface area contributed by atoms with Gasteiger partial charge in [0, 0.05) is 0 Å². The van der Waals surface area contributed by atoms with Crippen LogP contribution < -0.4 is 4.72 Å². The van der Waals surface area contributed by atoms with Gasteiger partial charge in [-0.3, -0.25) is 0 Å². The fourth-order valence-electron chi connectivity index (χ4n) is 1.50. The van der Waals surface area contributed by atoms with Gasteiger partial charge in [0.1, 0.15) is 0 Å². The molecule has 0 bridgehead atoms. The second-order valence-electron chi connectivity index (χ2n) is 4.68. The molecule has 0 heterocycles. The van der Waals surface area contributed by atoms with Crippen molar-refractivity contribution in [3.63, 3.8) is 0 Å². The molecule has 1 atom stereocenters. The van der Waals surface area contributed by atoms with Crippen LogP contribution in [0.3, 0.4) is 0 Å². The average molecular weight is 271 g/mol. The topological polar surface area (TPSA) is 66.4 Å². The maximum absolute atomic E-state index is 12.1. The first-order chi connectivity index (χ1) is 8.37. The molecule has 5 heteroatoms. The summed E-state index contributed by atoms with van der Waals surface area (Å²) in [5.74, 6) is 0. The second-order valence-corrected chi connectivity index (χ2v) is 6.36. The summed E-state index contributed by atoms with van der Waals surface area (Å²) in [4.78, 5) is 0.229. The Hall–Kier alpha value is -0.910. The van der Waals surface area contributed by atoms with Crippen molar-refractivity contribution < 1.29 is 13.5 Å². The van der Waals surface area contributed by atoms with E-state index in [1.807, 2.05) is 13.8 Å². The maximum Gasteiger partial charge on any atom is 0.241 e. The third kappa shape index (κ3) is 3.54. The molecule has 1 unspecified atom stereocenters. The molecule has 102 valence electrons. The Morgan fingerprint density at radius 1 is 1.22 bits per heavy atom. The molecule has 0 aromatic heterocycles. The van der Waals surface area contributed by atoms with E-state index in [4.69, 9.17) is 0 Å². The molecule has 0 aliphatic heterocycles. The molecule has 1 rings (SSSR count). The van der Waals surface area contributed by atoms with Crippen LogP contribution in [-0.4, -0.2) is 25.7 Å². The van der Waals surface area contributed by atoms with Crippen LogP contribution in [0, 0.1) is 0 Å². The van der Waals surface area contributed by atoms with Crippen LogP contribution in [0.1, 0.15) is 32.8 Å². The number of rotatable bonds is 6. The van der Waals surface area contributed by atoms with Crippen LogP contribution in [0.4, 0.5) is 0 Å². The van der Waals surface area contributed by atoms with E-state index in [-0.39, 0.29) is 11.5 Å². The van der Waals surface area contributed by atoms with Gasteiger partial charge in [0.25, 0.3) is 0 Å². The zero-order chi connectivity index (χ0) is 13.8. The Bertz CT molecular complexity index is 475. The third-order valence-electron chi connectivity index (χ3n) is 3.15. The smallest absolute Gasteiger partial charge is 0.241 e. The van der Waals surface area contributed by atoms with E-state index < -0.39 is 15.6 Å². The molecule has 0 saturated carbocycles. The zero-order valence-corrected chi connectivity index (χ0v) is 11.9. The number of sulfonamides is 1. The number of nitrogens with one attached hydrogen (secondary N) is 1. The molecule has 18 heavy (non-hydrogen) atoms. The van der Waals surface area contributed by atoms with Gasteiger partial charge in [0.2, 0.25) is 10.0 Å². The van der Waals surface area contributed by atoms with E-state index in [1.54, 1.807) is 31.2 Å². The normalized spacial score (nSPS) is 15.3. The minimum Gasteiger partial charge on any atom is -0.394 e. The monoisotopic (exact) mass is 271 g/mol. The Morgan fingerprint density at radius 3 is 2.17 bits per heavy atom. The van der Waals surface area contributed by atoms with Crippen LogP contribution in [0.5, 0.6) is 0 Å². The lowest BCUT2D eigenvalue weighted by atomic mass is 10.0. The van der Waals surface area contributed by atoms with Gasteiger partial charge in [-0.05, 0) is 37.5 Å². The lowest BCUT2D eigenvalue weighted by Gasteiger charge is -2.26. The van der Waals surface area contributed by atoms with Crippen molar-refractivity contribution in [2.45, 2.75) is 44.0 Å². The number of hydrogen-bond acceptors (Lipinski definition) is 3. The van der Waals surface area contributed by atoms with Gasteiger partial charge in [-0.25, -0.2) is 13.1 Å². The van der Waals surface area contributed by atoms with Gasteiger partial charge in [-0.15, -0.1) is 0 Å². The van der Waals surface area contributed by atoms with Gasteiger partial charge in [-0.1, -0.05) is 26.0 Å². The van der Waals surface area contributed by atoms with E-state index in [2.05, 4.69) is 4.72 Å². The number of aliphatic hydroxyl groups excluding tert-OH is 1. The van der Waals surface area contributed by atoms with E-state index >= 15 is 0 Å². The quantitative estimate of drug-likeness (QED) is 0.827. The highest BCUT2D eigenvalue weighted by atomic mass is 32.2. The summed E-state index contributed by atoms with van der Waals surface area (Å²) in [6.45, 7) is 5.31. The molecule has 1 aromatic carbocycles. The van der Waals surface area contributed by atoms with Crippen molar-refractivity contribution >= 4 is 10.0 Å². The molecule has 0 aliphatic carbocycles. The molecule has 0 aliphatic rings. The summed E-state index contributed by atoms with van der Waals surface area (Å²) in [5, 5.41) is 9.25. The first kappa shape index (κ1) is 15.1. The molecule has 2 N–H and O–H groups in total. The van der Waals surface area contributed by atoms with E-state index in [0.29, 0.717) is 6.42 Å². The second kappa shape index (κ2) is 5.82. The van der Waals surface area contributed by atoms with E-state index in [0.717, 1.165) is 12.0 Å². The molecular weight excluding hydrogens is 250 g/mol. The number of benzene rings is 1. The molecule has 0 radical (unpaired) electrons. The zero-order valence-electron chi connectivity index (χ0n) is 11.1. The van der Waals surface area contributed by atoms with Crippen LogP contribution in [-0.2, 0) is 16.4 Å². The summed E-state index contributed by atoms with van der Waals surface area (Å²) < 4.78 is 26.8. The van der Waals surface area contributed by atoms with Gasteiger partial charge in [-0.2, -0.15) is 0 Å². The maximum atomic E-state index is 12.1. The van der Waals surface area contributed by atoms with Crippen molar-refractivity contribution in [2.24, 2.45) is 0 Å². The largest absolute Gasteiger partial charge is 0.394 e. The number of hydrogen-bond donors (Lipinski definition) is 2. The molecular formula is C13H21NO3S. The molecule has 0 amide bonds. The average Bonchev–Trinajstić information content (AvgIpc) is 2.38. The lowest BCUT2D eigenvalue weighted by molar-refractivity contribution is 0.191. The predicted molar refractivity (Wildman–Crippen MR) is 71.9 cm³/mol. The van der Waals surface area contributed by atoms with Crippen molar-refractivity contribution in [1.82, 2.24) is 4.72 Å². The minimum atomic E-state index is -3.58. The first-order valence-corrected chi connectivity index (χ1v) is 7.59. The molecule has 0 spiro atoms. The van der Waals surface area contributed by atoms with Gasteiger partial charge >= 0.3 is 0 Å². The third-order valence-corrected chi connectivity index (χ3v) is 4.81. The highest BCUT2D eigenvalue weighted by molar-refractivity contribution is 7.89. The summed E-state index contributed by atoms with van der Waals surface area (Å²) in [7, 11) is -3.58. The van der Waals surface area contributed by atoms with Crippen molar-refractivity contribution in [3.8, 4) is 0 Å². The SMILES string of the molecule is CCc1ccc(S(=O)(=O)NC(C)(CC)CO)cc1. The van der Waals surface area contributed by atoms with Gasteiger partial charge < -0.3 is 5.11 Å². The Kier molecular flexibility index (Phi) is 4.90. The van der Waals surface area contributed by atoms with E-state index in [9.17, 15) is 13.5 Å². The first-order valence-electron chi connectivity index (χ1n) is 6.10. The minimum absolute atomic E-state index is 0.226. The van der Waals surface area contributed by atoms with Crippen LogP contribution in [0.2, 0.25) is 0 Å². The summed E-state index contributed by atoms with van der Waals surface area (Å²) in [6, 6.07) is 6.79. The molecule has 0 fully saturated rings. The van der Waals surface area contributed by atoms with Crippen LogP contribution >= 0.6 is 0 Å². The highest BCUT2D eigenvalue weighted by Crippen LogP contribution is 2.16. The fraction of sp³-hybridized carbons (Fsp3) is 0.538. The summed E-state index contributed by atoms with van der Waals surface area (Å²) in [6.07, 6.45) is 1.40. The Balaban J connectivity index is 2.99. The molecule has 1 aromatic rings. The molecule has 4 nitrogen and oxygen atoms in total. The van der Waals surface area contributed by atoms with E-state index in [1.165, 1.54) is 0 Å². The number of aryl methyl sites for hydroxylation is 1. The van der Waals surface area contributed by atoms with Crippen molar-refractivity contribution in [2.75, 3.05) is 6.61 Å². The summed E-state index contributed by atoms with van der Waals surface area (Å²) >= 11 is 0. The van der Waals surface area contributed by atoms with Crippen LogP contribution in [0.15, 0.2) is 29.2 Å². The summed E-state index contributed by atoms with van der Waals surface area (Å²) in [5.41, 5.74) is 0.275. The van der Waals surface area contributed by atoms with Gasteiger partial charge in [0.15, 0.2) is 0 Å². The highest BCUT2D eigenvalue weighted by Gasteiger charge is 2.28. The van der Waals surface area contributed by atoms with Crippen molar-refractivity contribution in [1.29, 1.82) is 0 Å². The van der Waals surface area contributed by atoms with Gasteiger partial charge in [0.05, 0.1) is 17.0 Å². The number of aliphatic hydroxyl groups is 1. The van der Waals surface area contributed by atoms with Crippen molar-refractivity contribution in [3.05, 3.63) is 29.8 Å². The van der Waals surface area contributed by atoms with Crippen LogP contribution in [0.25, 0.3) is 0 Å². The predicted octanol–water partition coefficient (Wildman–Crippen LogP) is 1.69. The standard InChI is InChI=1S/C13H21NO3S/c1-4-11-6-8-12(9-7-11)18(16,17)14-13(3,5-2)10-15/h6-9,14-15H,4-5,10H2,1-3H3. The molecule has 0 saturated heterocycles. The Morgan fingerprint density at radius 2 is 1.78 bits per heavy atom. The fourth-order valence-corrected chi connectivity index (χ4v) is 2.97.